The van der Waals surface area contributed by atoms with Crippen LogP contribution >= 0.6 is 11.3 Å². The summed E-state index contributed by atoms with van der Waals surface area (Å²) in [6, 6.07) is 0. The third-order valence-corrected chi connectivity index (χ3v) is 1.77. The molecule has 0 aliphatic carbocycles. The Morgan fingerprint density at radius 2 is 2.70 bits per heavy atom. The van der Waals surface area contributed by atoms with E-state index < -0.39 is 0 Å². The Hall–Kier alpha value is -0.670. The van der Waals surface area contributed by atoms with E-state index in [1.54, 1.807) is 11.3 Å². The number of nitrogens with zero attached hydrogens (tertiary/aromatic N) is 1. The lowest BCUT2D eigenvalue weighted by atomic mass is 10.5. The van der Waals surface area contributed by atoms with Crippen LogP contribution in [0.5, 0.6) is 0 Å². The number of aromatic nitrogens is 1. The summed E-state index contributed by atoms with van der Waals surface area (Å²) >= 11 is 1.65. The molecule has 0 bridgehead atoms. The van der Waals surface area contributed by atoms with E-state index in [-0.39, 0.29) is 0 Å². The zero-order valence-corrected chi connectivity index (χ0v) is 6.69. The van der Waals surface area contributed by atoms with Crippen LogP contribution in [0.2, 0.25) is 0 Å². The minimum absolute atomic E-state index is 0.902. The normalized spacial score (nSPS) is 10.9. The molecule has 0 aromatic carbocycles. The van der Waals surface area contributed by atoms with E-state index in [1.165, 1.54) is 0 Å². The molecular formula is C7H10N2S. The molecule has 2 nitrogen and oxygen atoms in total. The first kappa shape index (κ1) is 7.44. The fraction of sp³-hybridized carbons (Fsp3) is 0.286. The Balaban J connectivity index is 2.40. The first-order chi connectivity index (χ1) is 4.93. The first-order valence-corrected chi connectivity index (χ1v) is 4.02. The molecule has 0 aliphatic heterocycles. The van der Waals surface area contributed by atoms with Gasteiger partial charge >= 0.3 is 0 Å². The standard InChI is InChI=1S/C7H10N2S/c1-8-4-2-3-7-9-5-6-10-7/h2-3,5-6,8H,4H2,1H3/b3-2-. The summed E-state index contributed by atoms with van der Waals surface area (Å²) in [6.07, 6.45) is 5.88. The lowest BCUT2D eigenvalue weighted by Crippen LogP contribution is -2.03. The summed E-state index contributed by atoms with van der Waals surface area (Å²) in [7, 11) is 1.92. The van der Waals surface area contributed by atoms with Gasteiger partial charge < -0.3 is 5.32 Å². The first-order valence-electron chi connectivity index (χ1n) is 3.14. The van der Waals surface area contributed by atoms with E-state index >= 15 is 0 Å². The van der Waals surface area contributed by atoms with E-state index in [0.29, 0.717) is 0 Å². The maximum absolute atomic E-state index is 4.09. The highest BCUT2D eigenvalue weighted by Gasteiger charge is 1.84. The second-order valence-corrected chi connectivity index (χ2v) is 2.76. The number of hydrogen-bond acceptors (Lipinski definition) is 3. The van der Waals surface area contributed by atoms with Gasteiger partial charge in [0.1, 0.15) is 5.01 Å². The minimum atomic E-state index is 0.902. The van der Waals surface area contributed by atoms with Crippen LogP contribution in [0, 0.1) is 0 Å². The maximum Gasteiger partial charge on any atom is 0.115 e. The Bertz CT molecular complexity index is 191. The highest BCUT2D eigenvalue weighted by atomic mass is 32.1. The summed E-state index contributed by atoms with van der Waals surface area (Å²) in [5.74, 6) is 0. The Labute approximate surface area is 64.6 Å². The van der Waals surface area contributed by atoms with Crippen LogP contribution in [0.4, 0.5) is 0 Å². The molecule has 0 amide bonds. The van der Waals surface area contributed by atoms with Crippen molar-refractivity contribution in [2.45, 2.75) is 0 Å². The maximum atomic E-state index is 4.09. The quantitative estimate of drug-likeness (QED) is 0.711. The SMILES string of the molecule is CNC/C=C\c1nccs1. The van der Waals surface area contributed by atoms with Gasteiger partial charge in [-0.25, -0.2) is 4.98 Å². The molecule has 0 saturated heterocycles. The molecule has 0 spiro atoms. The molecule has 0 aliphatic rings. The van der Waals surface area contributed by atoms with Crippen molar-refractivity contribution in [3.8, 4) is 0 Å². The second kappa shape index (κ2) is 4.19. The van der Waals surface area contributed by atoms with Crippen molar-refractivity contribution in [1.29, 1.82) is 0 Å². The van der Waals surface area contributed by atoms with Gasteiger partial charge in [-0.05, 0) is 13.1 Å². The fourth-order valence-corrected chi connectivity index (χ4v) is 1.15. The summed E-state index contributed by atoms with van der Waals surface area (Å²) in [4.78, 5) is 4.09. The van der Waals surface area contributed by atoms with Crippen LogP contribution in [0.3, 0.4) is 0 Å². The van der Waals surface area contributed by atoms with Gasteiger partial charge in [-0.3, -0.25) is 0 Å². The molecule has 0 saturated carbocycles. The number of rotatable bonds is 3. The number of nitrogens with one attached hydrogen (secondary N) is 1. The van der Waals surface area contributed by atoms with Gasteiger partial charge in [0, 0.05) is 18.1 Å². The molecule has 1 aromatic heterocycles. The van der Waals surface area contributed by atoms with Gasteiger partial charge in [0.05, 0.1) is 0 Å². The number of likely N-dealkylation sites (N-methyl/N-ethyl adjacent to an activating group) is 1. The monoisotopic (exact) mass is 154 g/mol. The lowest BCUT2D eigenvalue weighted by Gasteiger charge is -1.85. The van der Waals surface area contributed by atoms with Gasteiger partial charge in [-0.2, -0.15) is 0 Å². The molecular weight excluding hydrogens is 144 g/mol. The van der Waals surface area contributed by atoms with Gasteiger partial charge in [-0.1, -0.05) is 6.08 Å². The molecule has 3 heteroatoms. The second-order valence-electron chi connectivity index (χ2n) is 1.83. The van der Waals surface area contributed by atoms with Gasteiger partial charge in [0.15, 0.2) is 0 Å². The molecule has 0 radical (unpaired) electrons. The van der Waals surface area contributed by atoms with Crippen LogP contribution in [-0.2, 0) is 0 Å². The third kappa shape index (κ3) is 2.29. The minimum Gasteiger partial charge on any atom is -0.316 e. The molecule has 54 valence electrons. The van der Waals surface area contributed by atoms with E-state index in [4.69, 9.17) is 0 Å². The molecule has 0 atom stereocenters. The predicted octanol–water partition coefficient (Wildman–Crippen LogP) is 1.38. The van der Waals surface area contributed by atoms with E-state index in [0.717, 1.165) is 11.6 Å². The van der Waals surface area contributed by atoms with Crippen LogP contribution in [0.15, 0.2) is 17.7 Å². The molecule has 1 heterocycles. The average Bonchev–Trinajstić information content (AvgIpc) is 2.41. The molecule has 0 unspecified atom stereocenters. The summed E-state index contributed by atoms with van der Waals surface area (Å²) in [5.41, 5.74) is 0. The molecule has 1 N–H and O–H groups in total. The largest absolute Gasteiger partial charge is 0.316 e. The Kier molecular flexibility index (Phi) is 3.12. The predicted molar refractivity (Wildman–Crippen MR) is 45.1 cm³/mol. The van der Waals surface area contributed by atoms with Crippen molar-refractivity contribution in [2.75, 3.05) is 13.6 Å². The van der Waals surface area contributed by atoms with Gasteiger partial charge in [0.2, 0.25) is 0 Å². The van der Waals surface area contributed by atoms with Crippen LogP contribution in [0.25, 0.3) is 6.08 Å². The van der Waals surface area contributed by atoms with Crippen LogP contribution < -0.4 is 5.32 Å². The summed E-state index contributed by atoms with van der Waals surface area (Å²) in [6.45, 7) is 0.902. The summed E-state index contributed by atoms with van der Waals surface area (Å²) < 4.78 is 0. The topological polar surface area (TPSA) is 24.9 Å². The van der Waals surface area contributed by atoms with E-state index in [1.807, 2.05) is 24.7 Å². The highest BCUT2D eigenvalue weighted by Crippen LogP contribution is 2.04. The third-order valence-electron chi connectivity index (χ3n) is 1.03. The van der Waals surface area contributed by atoms with Crippen molar-refractivity contribution >= 4 is 17.4 Å². The highest BCUT2D eigenvalue weighted by molar-refractivity contribution is 7.10. The van der Waals surface area contributed by atoms with Crippen molar-refractivity contribution in [2.24, 2.45) is 0 Å². The van der Waals surface area contributed by atoms with Crippen LogP contribution in [0.1, 0.15) is 5.01 Å². The lowest BCUT2D eigenvalue weighted by molar-refractivity contribution is 0.922. The van der Waals surface area contributed by atoms with Crippen molar-refractivity contribution in [1.82, 2.24) is 10.3 Å². The zero-order valence-electron chi connectivity index (χ0n) is 5.87. The molecule has 10 heavy (non-hydrogen) atoms. The van der Waals surface area contributed by atoms with E-state index in [9.17, 15) is 0 Å². The number of hydrogen-bond donors (Lipinski definition) is 1. The zero-order chi connectivity index (χ0) is 7.23. The van der Waals surface area contributed by atoms with Gasteiger partial charge in [0.25, 0.3) is 0 Å². The fourth-order valence-electron chi connectivity index (χ4n) is 0.594. The van der Waals surface area contributed by atoms with Gasteiger partial charge in [-0.15, -0.1) is 11.3 Å². The average molecular weight is 154 g/mol. The molecule has 1 aromatic rings. The molecule has 0 fully saturated rings. The Morgan fingerprint density at radius 3 is 3.30 bits per heavy atom. The molecule has 1 rings (SSSR count). The van der Waals surface area contributed by atoms with E-state index in [2.05, 4.69) is 16.4 Å². The van der Waals surface area contributed by atoms with Crippen molar-refractivity contribution in [3.05, 3.63) is 22.7 Å². The smallest absolute Gasteiger partial charge is 0.115 e. The van der Waals surface area contributed by atoms with Crippen LogP contribution in [-0.4, -0.2) is 18.6 Å². The summed E-state index contributed by atoms with van der Waals surface area (Å²) in [5, 5.41) is 6.06. The van der Waals surface area contributed by atoms with Crippen molar-refractivity contribution < 1.29 is 0 Å². The number of thiazole rings is 1. The Morgan fingerprint density at radius 1 is 1.80 bits per heavy atom. The van der Waals surface area contributed by atoms with Crippen molar-refractivity contribution in [3.63, 3.8) is 0 Å².